The first kappa shape index (κ1) is 39.6. The summed E-state index contributed by atoms with van der Waals surface area (Å²) in [6.45, 7) is 10.7. The van der Waals surface area contributed by atoms with Crippen LogP contribution in [0, 0.1) is 17.6 Å². The van der Waals surface area contributed by atoms with Gasteiger partial charge in [-0.05, 0) is 74.0 Å². The Morgan fingerprint density at radius 2 is 1.61 bits per heavy atom. The molecule has 2 aromatic heterocycles. The molecule has 57 heavy (non-hydrogen) atoms. The number of rotatable bonds is 15. The number of piperazine rings is 1. The van der Waals surface area contributed by atoms with Crippen LogP contribution in [0.1, 0.15) is 39.7 Å². The third-order valence-electron chi connectivity index (χ3n) is 10.7. The summed E-state index contributed by atoms with van der Waals surface area (Å²) >= 11 is 0. The third kappa shape index (κ3) is 7.99. The lowest BCUT2D eigenvalue weighted by atomic mass is 9.94. The molecular weight excluding hydrogens is 740 g/mol. The molecule has 2 saturated heterocycles. The van der Waals surface area contributed by atoms with Crippen molar-refractivity contribution in [3.8, 4) is 11.4 Å². The van der Waals surface area contributed by atoms with E-state index in [1.54, 1.807) is 13.8 Å². The zero-order chi connectivity index (χ0) is 40.3. The molecule has 3 unspecified atom stereocenters. The minimum atomic E-state index is -1.70. The van der Waals surface area contributed by atoms with Crippen molar-refractivity contribution in [2.24, 2.45) is 5.92 Å². The normalized spacial score (nSPS) is 20.2. The fourth-order valence-corrected chi connectivity index (χ4v) is 7.34. The van der Waals surface area contributed by atoms with Crippen LogP contribution in [0.2, 0.25) is 0 Å². The van der Waals surface area contributed by atoms with Gasteiger partial charge < -0.3 is 29.1 Å². The number of carboxylic acids is 1. The van der Waals surface area contributed by atoms with Gasteiger partial charge in [-0.25, -0.2) is 32.6 Å². The van der Waals surface area contributed by atoms with Crippen molar-refractivity contribution >= 4 is 17.3 Å². The Labute approximate surface area is 328 Å². The summed E-state index contributed by atoms with van der Waals surface area (Å²) in [6.07, 6.45) is 4.35. The average molecular weight is 788 g/mol. The monoisotopic (exact) mass is 787 g/mol. The molecule has 7 rings (SSSR count). The number of aliphatic carboxylic acids is 1. The van der Waals surface area contributed by atoms with Gasteiger partial charge >= 0.3 is 11.7 Å². The summed E-state index contributed by atoms with van der Waals surface area (Å²) in [4.78, 5) is 34.8. The predicted molar refractivity (Wildman–Crippen MR) is 206 cm³/mol. The van der Waals surface area contributed by atoms with Gasteiger partial charge in [-0.2, -0.15) is 14.9 Å². The smallest absolute Gasteiger partial charge is 0.352 e. The summed E-state index contributed by atoms with van der Waals surface area (Å²) in [6, 6.07) is 18.5. The highest BCUT2D eigenvalue weighted by atomic mass is 19.1. The lowest BCUT2D eigenvalue weighted by Crippen LogP contribution is -2.63. The molecule has 2 fully saturated rings. The van der Waals surface area contributed by atoms with Gasteiger partial charge in [0.15, 0.2) is 0 Å². The van der Waals surface area contributed by atoms with Crippen LogP contribution in [0.4, 0.5) is 20.2 Å². The van der Waals surface area contributed by atoms with E-state index in [4.69, 9.17) is 14.2 Å². The highest BCUT2D eigenvalue weighted by molar-refractivity contribution is 5.76. The highest BCUT2D eigenvalue weighted by Crippen LogP contribution is 2.38. The molecule has 0 saturated carbocycles. The fourth-order valence-electron chi connectivity index (χ4n) is 7.34. The molecule has 3 aromatic carbocycles. The Morgan fingerprint density at radius 3 is 2.19 bits per heavy atom. The summed E-state index contributed by atoms with van der Waals surface area (Å²) in [7, 11) is 0. The molecule has 0 spiro atoms. The molecule has 17 heteroatoms. The van der Waals surface area contributed by atoms with Crippen LogP contribution in [-0.4, -0.2) is 91.7 Å². The van der Waals surface area contributed by atoms with E-state index in [1.807, 2.05) is 62.4 Å². The number of hydrogen-bond donors (Lipinski definition) is 2. The maximum atomic E-state index is 14.9. The number of ether oxygens (including phenoxy) is 3. The molecule has 0 bridgehead atoms. The van der Waals surface area contributed by atoms with E-state index < -0.39 is 46.8 Å². The van der Waals surface area contributed by atoms with Crippen LogP contribution in [0.3, 0.4) is 0 Å². The highest BCUT2D eigenvalue weighted by Gasteiger charge is 2.48. The molecule has 5 aromatic rings. The van der Waals surface area contributed by atoms with E-state index in [-0.39, 0.29) is 31.4 Å². The number of hydrogen-bond acceptors (Lipinski definition) is 11. The van der Waals surface area contributed by atoms with Crippen molar-refractivity contribution in [2.75, 3.05) is 49.2 Å². The average Bonchev–Trinajstić information content (AvgIpc) is 3.97. The Balaban J connectivity index is 0.939. The number of anilines is 2. The largest absolute Gasteiger partial charge is 0.491 e. The maximum absolute atomic E-state index is 14.9. The van der Waals surface area contributed by atoms with E-state index in [2.05, 4.69) is 30.3 Å². The minimum Gasteiger partial charge on any atom is -0.491 e. The van der Waals surface area contributed by atoms with Gasteiger partial charge in [0.25, 0.3) is 0 Å². The van der Waals surface area contributed by atoms with Crippen molar-refractivity contribution in [1.82, 2.24) is 34.4 Å². The molecule has 302 valence electrons. The fraction of sp³-hybridized carbons (Fsp3) is 0.425. The van der Waals surface area contributed by atoms with Crippen LogP contribution >= 0.6 is 0 Å². The molecule has 15 nitrogen and oxygen atoms in total. The molecule has 2 N–H and O–H groups in total. The second-order valence-corrected chi connectivity index (χ2v) is 14.7. The number of carbonyl (C=O) groups is 1. The SMILES string of the molecule is CCC(C)N[C@](C(=O)O)(C(C)C)n1ncn(-c2ccc(N3CCN(c4ccc(OCC5COC(Cn6cncn6)(c6ccc(F)cc6F)O5)cc4)CC3)cc2)c1=O. The van der Waals surface area contributed by atoms with Crippen molar-refractivity contribution in [2.45, 2.75) is 64.3 Å². The topological polar surface area (TPSA) is 154 Å². The van der Waals surface area contributed by atoms with Gasteiger partial charge in [0, 0.05) is 61.1 Å². The Kier molecular flexibility index (Phi) is 11.4. The number of nitrogens with zero attached hydrogens (tertiary/aromatic N) is 8. The van der Waals surface area contributed by atoms with Gasteiger partial charge in [-0.1, -0.05) is 20.8 Å². The van der Waals surface area contributed by atoms with Crippen molar-refractivity contribution in [3.05, 3.63) is 113 Å². The molecule has 2 aliphatic rings. The second kappa shape index (κ2) is 16.4. The Hall–Kier alpha value is -5.65. The quantitative estimate of drug-likeness (QED) is 0.155. The first-order valence-corrected chi connectivity index (χ1v) is 19.0. The molecule has 0 amide bonds. The van der Waals surface area contributed by atoms with E-state index in [0.717, 1.165) is 54.4 Å². The first-order valence-electron chi connectivity index (χ1n) is 19.0. The van der Waals surface area contributed by atoms with E-state index >= 15 is 0 Å². The number of aromatic nitrogens is 6. The lowest BCUT2D eigenvalue weighted by molar-refractivity contribution is -0.192. The molecule has 4 atom stereocenters. The molecule has 0 aliphatic carbocycles. The Morgan fingerprint density at radius 1 is 0.965 bits per heavy atom. The van der Waals surface area contributed by atoms with Gasteiger partial charge in [-0.3, -0.25) is 5.32 Å². The number of halogens is 2. The van der Waals surface area contributed by atoms with Gasteiger partial charge in [0.1, 0.15) is 55.6 Å². The standard InChI is InChI=1S/C40H47F2N9O6/c1-5-28(4)46-40(27(2)3,37(52)53)51-38(54)50(26-45-51)32-9-7-30(8-10-32)47-16-18-48(19-17-47)31-11-13-33(14-12-31)55-21-34-22-56-39(57-34,23-49-25-43-24-44-49)35-15-6-29(41)20-36(35)42/h6-15,20,24-28,34,46H,5,16-19,21-23H2,1-4H3,(H,52,53)/t28?,34?,39?,40-/m1/s1. The van der Waals surface area contributed by atoms with Crippen LogP contribution < -0.4 is 25.5 Å². The summed E-state index contributed by atoms with van der Waals surface area (Å²) in [5.41, 5.74) is 0.464. The zero-order valence-electron chi connectivity index (χ0n) is 32.3. The predicted octanol–water partition coefficient (Wildman–Crippen LogP) is 4.36. The van der Waals surface area contributed by atoms with E-state index in [1.165, 1.54) is 34.3 Å². The summed E-state index contributed by atoms with van der Waals surface area (Å²) in [5, 5.41) is 21.8. The second-order valence-electron chi connectivity index (χ2n) is 14.7. The molecule has 2 aliphatic heterocycles. The van der Waals surface area contributed by atoms with Crippen molar-refractivity contribution < 1.29 is 32.9 Å². The van der Waals surface area contributed by atoms with Crippen LogP contribution in [0.5, 0.6) is 5.75 Å². The number of carboxylic acid groups (broad SMARTS) is 1. The molecule has 0 radical (unpaired) electrons. The van der Waals surface area contributed by atoms with Crippen molar-refractivity contribution in [3.63, 3.8) is 0 Å². The third-order valence-corrected chi connectivity index (χ3v) is 10.7. The zero-order valence-corrected chi connectivity index (χ0v) is 32.3. The maximum Gasteiger partial charge on any atom is 0.352 e. The summed E-state index contributed by atoms with van der Waals surface area (Å²) in [5.74, 6) is -4.01. The Bertz CT molecular complexity index is 2190. The molecular formula is C40H47F2N9O6. The van der Waals surface area contributed by atoms with Crippen LogP contribution in [0.25, 0.3) is 5.69 Å². The lowest BCUT2D eigenvalue weighted by Gasteiger charge is -2.37. The van der Waals surface area contributed by atoms with Crippen molar-refractivity contribution in [1.29, 1.82) is 0 Å². The minimum absolute atomic E-state index is 0.0131. The van der Waals surface area contributed by atoms with Crippen LogP contribution in [-0.2, 0) is 32.3 Å². The number of nitrogens with one attached hydrogen (secondary N) is 1. The van der Waals surface area contributed by atoms with E-state index in [0.29, 0.717) is 17.9 Å². The summed E-state index contributed by atoms with van der Waals surface area (Å²) < 4.78 is 50.9. The van der Waals surface area contributed by atoms with Gasteiger partial charge in [0.2, 0.25) is 11.4 Å². The first-order chi connectivity index (χ1) is 27.4. The van der Waals surface area contributed by atoms with Crippen LogP contribution in [0.15, 0.2) is 90.5 Å². The van der Waals surface area contributed by atoms with Gasteiger partial charge in [-0.15, -0.1) is 0 Å². The van der Waals surface area contributed by atoms with Gasteiger partial charge in [0.05, 0.1) is 12.3 Å². The van der Waals surface area contributed by atoms with E-state index in [9.17, 15) is 23.5 Å². The number of benzene rings is 3. The molecule has 4 heterocycles.